The number of amides is 1. The lowest BCUT2D eigenvalue weighted by Crippen LogP contribution is -2.31. The van der Waals surface area contributed by atoms with Crippen LogP contribution in [-0.2, 0) is 0 Å². The average molecular weight is 249 g/mol. The molecule has 5 nitrogen and oxygen atoms in total. The molecule has 1 fully saturated rings. The summed E-state index contributed by atoms with van der Waals surface area (Å²) in [5.74, 6) is 0.354. The minimum Gasteiger partial charge on any atom is -0.352 e. The van der Waals surface area contributed by atoms with Crippen LogP contribution in [0.4, 0.5) is 0 Å². The van der Waals surface area contributed by atoms with E-state index < -0.39 is 0 Å². The van der Waals surface area contributed by atoms with Crippen molar-refractivity contribution in [2.45, 2.75) is 13.3 Å². The number of pyridine rings is 1. The van der Waals surface area contributed by atoms with Crippen molar-refractivity contribution in [2.75, 3.05) is 26.2 Å². The molecule has 2 N–H and O–H groups in total. The number of hydrogen-bond acceptors (Lipinski definition) is 3. The van der Waals surface area contributed by atoms with Crippen molar-refractivity contribution in [3.05, 3.63) is 34.2 Å². The van der Waals surface area contributed by atoms with E-state index in [0.29, 0.717) is 18.0 Å². The van der Waals surface area contributed by atoms with Crippen molar-refractivity contribution in [2.24, 2.45) is 5.92 Å². The number of H-pyrrole nitrogens is 1. The van der Waals surface area contributed by atoms with E-state index in [0.717, 1.165) is 26.1 Å². The van der Waals surface area contributed by atoms with E-state index in [1.165, 1.54) is 12.3 Å². The molecule has 0 bridgehead atoms. The monoisotopic (exact) mass is 249 g/mol. The Kier molecular flexibility index (Phi) is 4.15. The highest BCUT2D eigenvalue weighted by atomic mass is 16.2. The Hall–Kier alpha value is -1.62. The highest BCUT2D eigenvalue weighted by Crippen LogP contribution is 2.14. The molecular formula is C13H19N3O2. The summed E-state index contributed by atoms with van der Waals surface area (Å²) in [6.07, 6.45) is 2.62. The third-order valence-electron chi connectivity index (χ3n) is 3.41. The lowest BCUT2D eigenvalue weighted by Gasteiger charge is -2.13. The highest BCUT2D eigenvalue weighted by molar-refractivity contribution is 5.93. The fraction of sp³-hybridized carbons (Fsp3) is 0.538. The molecule has 0 aromatic carbocycles. The highest BCUT2D eigenvalue weighted by Gasteiger charge is 2.21. The maximum absolute atomic E-state index is 11.8. The minimum atomic E-state index is -0.249. The summed E-state index contributed by atoms with van der Waals surface area (Å²) < 4.78 is 0. The van der Waals surface area contributed by atoms with Crippen LogP contribution < -0.4 is 10.9 Å². The molecule has 1 saturated heterocycles. The molecule has 0 saturated carbocycles. The Labute approximate surface area is 106 Å². The second-order valence-corrected chi connectivity index (χ2v) is 4.70. The van der Waals surface area contributed by atoms with Gasteiger partial charge in [0.05, 0.1) is 0 Å². The van der Waals surface area contributed by atoms with E-state index in [1.807, 2.05) is 0 Å². The molecule has 1 aliphatic heterocycles. The van der Waals surface area contributed by atoms with Gasteiger partial charge >= 0.3 is 0 Å². The first-order valence-electron chi connectivity index (χ1n) is 6.38. The molecular weight excluding hydrogens is 230 g/mol. The Morgan fingerprint density at radius 2 is 2.44 bits per heavy atom. The summed E-state index contributed by atoms with van der Waals surface area (Å²) in [4.78, 5) is 27.8. The van der Waals surface area contributed by atoms with Crippen LogP contribution in [0, 0.1) is 5.92 Å². The number of aromatic amines is 1. The zero-order valence-electron chi connectivity index (χ0n) is 10.6. The molecule has 98 valence electrons. The van der Waals surface area contributed by atoms with Gasteiger partial charge in [-0.05, 0) is 31.5 Å². The summed E-state index contributed by atoms with van der Waals surface area (Å²) in [7, 11) is 0. The topological polar surface area (TPSA) is 65.2 Å². The first-order chi connectivity index (χ1) is 8.69. The molecule has 1 aliphatic rings. The fourth-order valence-electron chi connectivity index (χ4n) is 2.29. The molecule has 0 radical (unpaired) electrons. The van der Waals surface area contributed by atoms with Crippen LogP contribution in [0.25, 0.3) is 0 Å². The fourth-order valence-corrected chi connectivity index (χ4v) is 2.29. The molecule has 1 atom stereocenters. The Morgan fingerprint density at radius 1 is 1.61 bits per heavy atom. The van der Waals surface area contributed by atoms with Gasteiger partial charge in [-0.2, -0.15) is 0 Å². The smallest absolute Gasteiger partial charge is 0.251 e. The number of nitrogens with zero attached hydrogens (tertiary/aromatic N) is 1. The van der Waals surface area contributed by atoms with Gasteiger partial charge in [0.1, 0.15) is 0 Å². The second-order valence-electron chi connectivity index (χ2n) is 4.70. The van der Waals surface area contributed by atoms with Gasteiger partial charge < -0.3 is 15.2 Å². The zero-order chi connectivity index (χ0) is 13.0. The molecule has 5 heteroatoms. The summed E-state index contributed by atoms with van der Waals surface area (Å²) >= 11 is 0. The summed E-state index contributed by atoms with van der Waals surface area (Å²) in [6.45, 7) is 6.06. The van der Waals surface area contributed by atoms with E-state index in [1.54, 1.807) is 6.07 Å². The summed E-state index contributed by atoms with van der Waals surface area (Å²) in [5.41, 5.74) is 0.171. The molecule has 1 amide bonds. The van der Waals surface area contributed by atoms with Crippen molar-refractivity contribution in [1.82, 2.24) is 15.2 Å². The number of rotatable bonds is 4. The number of likely N-dealkylation sites (tertiary alicyclic amines) is 1. The van der Waals surface area contributed by atoms with E-state index in [4.69, 9.17) is 0 Å². The first kappa shape index (κ1) is 12.8. The van der Waals surface area contributed by atoms with Crippen LogP contribution in [0.1, 0.15) is 23.7 Å². The van der Waals surface area contributed by atoms with Gasteiger partial charge in [-0.1, -0.05) is 6.92 Å². The van der Waals surface area contributed by atoms with Gasteiger partial charge in [0.2, 0.25) is 5.56 Å². The Morgan fingerprint density at radius 3 is 3.11 bits per heavy atom. The molecule has 1 aromatic heterocycles. The Bertz CT molecular complexity index is 469. The number of carbonyl (C=O) groups excluding carboxylic acids is 1. The van der Waals surface area contributed by atoms with E-state index in [2.05, 4.69) is 22.1 Å². The average Bonchev–Trinajstić information content (AvgIpc) is 2.84. The normalized spacial score (nSPS) is 19.9. The van der Waals surface area contributed by atoms with Crippen molar-refractivity contribution in [1.29, 1.82) is 0 Å². The third-order valence-corrected chi connectivity index (χ3v) is 3.41. The van der Waals surface area contributed by atoms with E-state index in [-0.39, 0.29) is 11.5 Å². The Balaban J connectivity index is 1.84. The van der Waals surface area contributed by atoms with Gasteiger partial charge in [0, 0.05) is 30.9 Å². The molecule has 1 aromatic rings. The maximum atomic E-state index is 11.8. The van der Waals surface area contributed by atoms with Crippen molar-refractivity contribution in [3.63, 3.8) is 0 Å². The van der Waals surface area contributed by atoms with Crippen LogP contribution >= 0.6 is 0 Å². The molecule has 2 heterocycles. The molecule has 1 unspecified atom stereocenters. The maximum Gasteiger partial charge on any atom is 0.251 e. The van der Waals surface area contributed by atoms with E-state index >= 15 is 0 Å². The zero-order valence-corrected chi connectivity index (χ0v) is 10.6. The molecule has 2 rings (SSSR count). The summed E-state index contributed by atoms with van der Waals surface area (Å²) in [5, 5.41) is 2.89. The number of carbonyl (C=O) groups is 1. The molecule has 18 heavy (non-hydrogen) atoms. The lowest BCUT2D eigenvalue weighted by atomic mass is 10.1. The van der Waals surface area contributed by atoms with Gasteiger partial charge in [0.15, 0.2) is 0 Å². The van der Waals surface area contributed by atoms with Crippen molar-refractivity contribution >= 4 is 5.91 Å². The minimum absolute atomic E-state index is 0.170. The first-order valence-corrected chi connectivity index (χ1v) is 6.38. The van der Waals surface area contributed by atoms with Crippen LogP contribution in [0.15, 0.2) is 23.1 Å². The van der Waals surface area contributed by atoms with Crippen LogP contribution in [0.2, 0.25) is 0 Å². The standard InChI is InChI=1S/C13H19N3O2/c1-2-16-6-4-10(9-16)8-15-13(18)11-3-5-14-12(17)7-11/h3,5,7,10H,2,4,6,8-9H2,1H3,(H,14,17)(H,15,18). The number of hydrogen-bond donors (Lipinski definition) is 2. The van der Waals surface area contributed by atoms with Crippen LogP contribution in [0.3, 0.4) is 0 Å². The number of nitrogens with one attached hydrogen (secondary N) is 2. The predicted molar refractivity (Wildman–Crippen MR) is 69.6 cm³/mol. The predicted octanol–water partition coefficient (Wildman–Crippen LogP) is 0.446. The van der Waals surface area contributed by atoms with Crippen LogP contribution in [-0.4, -0.2) is 42.0 Å². The van der Waals surface area contributed by atoms with E-state index in [9.17, 15) is 9.59 Å². The lowest BCUT2D eigenvalue weighted by molar-refractivity contribution is 0.0947. The SMILES string of the molecule is CCN1CCC(CNC(=O)c2cc[nH]c(=O)c2)C1. The van der Waals surface area contributed by atoms with Gasteiger partial charge in [0.25, 0.3) is 5.91 Å². The van der Waals surface area contributed by atoms with Gasteiger partial charge in [-0.25, -0.2) is 0 Å². The largest absolute Gasteiger partial charge is 0.352 e. The van der Waals surface area contributed by atoms with Gasteiger partial charge in [-0.3, -0.25) is 9.59 Å². The molecule has 0 aliphatic carbocycles. The summed E-state index contributed by atoms with van der Waals surface area (Å²) in [6, 6.07) is 2.94. The molecule has 0 spiro atoms. The second kappa shape index (κ2) is 5.82. The van der Waals surface area contributed by atoms with Crippen molar-refractivity contribution < 1.29 is 4.79 Å². The quantitative estimate of drug-likeness (QED) is 0.814. The van der Waals surface area contributed by atoms with Crippen molar-refractivity contribution in [3.8, 4) is 0 Å². The van der Waals surface area contributed by atoms with Gasteiger partial charge in [-0.15, -0.1) is 0 Å². The van der Waals surface area contributed by atoms with Crippen LogP contribution in [0.5, 0.6) is 0 Å². The number of aromatic nitrogens is 1. The third kappa shape index (κ3) is 3.20.